The summed E-state index contributed by atoms with van der Waals surface area (Å²) in [5, 5.41) is 2.87. The molecule has 0 saturated heterocycles. The highest BCUT2D eigenvalue weighted by atomic mass is 19.1. The van der Waals surface area contributed by atoms with Crippen molar-refractivity contribution in [2.75, 3.05) is 19.2 Å². The van der Waals surface area contributed by atoms with Gasteiger partial charge in [0.15, 0.2) is 0 Å². The first-order chi connectivity index (χ1) is 5.33. The molecule has 3 heteroatoms. The Labute approximate surface area is 65.0 Å². The third-order valence-electron chi connectivity index (χ3n) is 1.25. The lowest BCUT2D eigenvalue weighted by Gasteiger charge is -2.03. The van der Waals surface area contributed by atoms with Crippen LogP contribution in [0, 0.1) is 5.82 Å². The molecular formula is C8H10FNO. The number of ether oxygens (including phenoxy) is 1. The van der Waals surface area contributed by atoms with Crippen molar-refractivity contribution in [1.29, 1.82) is 0 Å². The first-order valence-electron chi connectivity index (χ1n) is 3.31. The Bertz CT molecular complexity index is 227. The highest BCUT2D eigenvalue weighted by Gasteiger charge is 1.91. The summed E-state index contributed by atoms with van der Waals surface area (Å²) >= 11 is 0. The molecule has 11 heavy (non-hydrogen) atoms. The van der Waals surface area contributed by atoms with Gasteiger partial charge in [-0.1, -0.05) is 6.07 Å². The van der Waals surface area contributed by atoms with E-state index in [1.54, 1.807) is 19.2 Å². The Morgan fingerprint density at radius 3 is 3.00 bits per heavy atom. The van der Waals surface area contributed by atoms with Gasteiger partial charge in [0, 0.05) is 12.8 Å². The zero-order chi connectivity index (χ0) is 8.10. The zero-order valence-electron chi connectivity index (χ0n) is 6.30. The summed E-state index contributed by atoms with van der Waals surface area (Å²) in [6.07, 6.45) is 0. The number of hydrogen-bond acceptors (Lipinski definition) is 2. The molecule has 0 saturated carbocycles. The van der Waals surface area contributed by atoms with Gasteiger partial charge in [-0.25, -0.2) is 4.39 Å². The molecular weight excluding hydrogens is 145 g/mol. The van der Waals surface area contributed by atoms with Gasteiger partial charge >= 0.3 is 0 Å². The van der Waals surface area contributed by atoms with Crippen LogP contribution in [0.1, 0.15) is 0 Å². The molecule has 0 unspecified atom stereocenters. The molecule has 1 aromatic rings. The second kappa shape index (κ2) is 3.93. The lowest BCUT2D eigenvalue weighted by Crippen LogP contribution is -2.02. The van der Waals surface area contributed by atoms with Crippen LogP contribution in [0.2, 0.25) is 0 Å². The van der Waals surface area contributed by atoms with Crippen LogP contribution < -0.4 is 5.32 Å². The van der Waals surface area contributed by atoms with E-state index in [4.69, 9.17) is 4.74 Å². The smallest absolute Gasteiger partial charge is 0.125 e. The SMILES string of the molecule is COCNc1cccc(F)c1. The second-order valence-corrected chi connectivity index (χ2v) is 2.12. The maximum Gasteiger partial charge on any atom is 0.125 e. The molecule has 1 aromatic carbocycles. The Balaban J connectivity index is 2.56. The Hall–Kier alpha value is -1.09. The molecule has 0 radical (unpaired) electrons. The van der Waals surface area contributed by atoms with Crippen molar-refractivity contribution < 1.29 is 9.13 Å². The van der Waals surface area contributed by atoms with Gasteiger partial charge in [0.25, 0.3) is 0 Å². The zero-order valence-corrected chi connectivity index (χ0v) is 6.30. The van der Waals surface area contributed by atoms with Crippen molar-refractivity contribution >= 4 is 5.69 Å². The van der Waals surface area contributed by atoms with Crippen molar-refractivity contribution in [2.24, 2.45) is 0 Å². The number of hydrogen-bond donors (Lipinski definition) is 1. The number of methoxy groups -OCH3 is 1. The summed E-state index contributed by atoms with van der Waals surface area (Å²) in [4.78, 5) is 0. The fourth-order valence-electron chi connectivity index (χ4n) is 0.754. The predicted octanol–water partition coefficient (Wildman–Crippen LogP) is 1.84. The third kappa shape index (κ3) is 2.55. The van der Waals surface area contributed by atoms with E-state index in [0.717, 1.165) is 5.69 Å². The van der Waals surface area contributed by atoms with Crippen LogP contribution in [0.5, 0.6) is 0 Å². The van der Waals surface area contributed by atoms with Crippen LogP contribution in [-0.2, 0) is 4.74 Å². The number of halogens is 1. The molecule has 0 atom stereocenters. The van der Waals surface area contributed by atoms with Crippen LogP contribution >= 0.6 is 0 Å². The van der Waals surface area contributed by atoms with Crippen LogP contribution in [0.3, 0.4) is 0 Å². The monoisotopic (exact) mass is 155 g/mol. The first-order valence-corrected chi connectivity index (χ1v) is 3.31. The van der Waals surface area contributed by atoms with Crippen LogP contribution in [0.4, 0.5) is 10.1 Å². The van der Waals surface area contributed by atoms with Gasteiger partial charge < -0.3 is 10.1 Å². The fourth-order valence-corrected chi connectivity index (χ4v) is 0.754. The highest BCUT2D eigenvalue weighted by molar-refractivity contribution is 5.42. The van der Waals surface area contributed by atoms with E-state index in [9.17, 15) is 4.39 Å². The third-order valence-corrected chi connectivity index (χ3v) is 1.25. The molecule has 0 spiro atoms. The van der Waals surface area contributed by atoms with E-state index in [-0.39, 0.29) is 5.82 Å². The van der Waals surface area contributed by atoms with Crippen LogP contribution in [0.15, 0.2) is 24.3 Å². The van der Waals surface area contributed by atoms with Crippen LogP contribution in [-0.4, -0.2) is 13.8 Å². The molecule has 0 aliphatic rings. The van der Waals surface area contributed by atoms with Crippen LogP contribution in [0.25, 0.3) is 0 Å². The number of anilines is 1. The largest absolute Gasteiger partial charge is 0.365 e. The van der Waals surface area contributed by atoms with Gasteiger partial charge in [0.2, 0.25) is 0 Å². The molecule has 1 rings (SSSR count). The maximum absolute atomic E-state index is 12.5. The average molecular weight is 155 g/mol. The number of benzene rings is 1. The van der Waals surface area contributed by atoms with Crippen molar-refractivity contribution in [1.82, 2.24) is 0 Å². The van der Waals surface area contributed by atoms with Crippen molar-refractivity contribution in [2.45, 2.75) is 0 Å². The highest BCUT2D eigenvalue weighted by Crippen LogP contribution is 2.07. The summed E-state index contributed by atoms with van der Waals surface area (Å²) in [6.45, 7) is 0.392. The topological polar surface area (TPSA) is 21.3 Å². The summed E-state index contributed by atoms with van der Waals surface area (Å²) in [5.74, 6) is -0.244. The van der Waals surface area contributed by atoms with E-state index >= 15 is 0 Å². The van der Waals surface area contributed by atoms with E-state index < -0.39 is 0 Å². The summed E-state index contributed by atoms with van der Waals surface area (Å²) in [6, 6.07) is 6.24. The second-order valence-electron chi connectivity index (χ2n) is 2.12. The first kappa shape index (κ1) is 8.01. The Morgan fingerprint density at radius 2 is 2.36 bits per heavy atom. The Kier molecular flexibility index (Phi) is 2.86. The molecule has 0 fully saturated rings. The molecule has 0 bridgehead atoms. The van der Waals surface area contributed by atoms with E-state index in [1.165, 1.54) is 12.1 Å². The van der Waals surface area contributed by atoms with E-state index in [0.29, 0.717) is 6.73 Å². The minimum atomic E-state index is -0.244. The number of rotatable bonds is 3. The lowest BCUT2D eigenvalue weighted by atomic mass is 10.3. The normalized spacial score (nSPS) is 9.64. The van der Waals surface area contributed by atoms with Gasteiger partial charge in [-0.05, 0) is 18.2 Å². The molecule has 0 amide bonds. The van der Waals surface area contributed by atoms with Crippen molar-refractivity contribution in [3.05, 3.63) is 30.1 Å². The molecule has 0 aliphatic heterocycles. The van der Waals surface area contributed by atoms with Crippen molar-refractivity contribution in [3.63, 3.8) is 0 Å². The van der Waals surface area contributed by atoms with E-state index in [1.807, 2.05) is 0 Å². The minimum Gasteiger partial charge on any atom is -0.365 e. The van der Waals surface area contributed by atoms with Gasteiger partial charge in [0.1, 0.15) is 12.5 Å². The minimum absolute atomic E-state index is 0.244. The fraction of sp³-hybridized carbons (Fsp3) is 0.250. The van der Waals surface area contributed by atoms with Gasteiger partial charge in [-0.15, -0.1) is 0 Å². The summed E-state index contributed by atoms with van der Waals surface area (Å²) in [7, 11) is 1.58. The predicted molar refractivity (Wildman–Crippen MR) is 41.9 cm³/mol. The van der Waals surface area contributed by atoms with Gasteiger partial charge in [-0.3, -0.25) is 0 Å². The number of nitrogens with one attached hydrogen (secondary N) is 1. The molecule has 0 aromatic heterocycles. The van der Waals surface area contributed by atoms with E-state index in [2.05, 4.69) is 5.32 Å². The average Bonchev–Trinajstić information content (AvgIpc) is 2.01. The summed E-state index contributed by atoms with van der Waals surface area (Å²) < 4.78 is 17.3. The standard InChI is InChI=1S/C8H10FNO/c1-11-6-10-8-4-2-3-7(9)5-8/h2-5,10H,6H2,1H3. The molecule has 2 nitrogen and oxygen atoms in total. The maximum atomic E-state index is 12.5. The molecule has 0 aliphatic carbocycles. The molecule has 1 N–H and O–H groups in total. The van der Waals surface area contributed by atoms with Crippen molar-refractivity contribution in [3.8, 4) is 0 Å². The Morgan fingerprint density at radius 1 is 1.55 bits per heavy atom. The quantitative estimate of drug-likeness (QED) is 0.672. The molecule has 0 heterocycles. The van der Waals surface area contributed by atoms with Gasteiger partial charge in [0.05, 0.1) is 0 Å². The van der Waals surface area contributed by atoms with Gasteiger partial charge in [-0.2, -0.15) is 0 Å². The summed E-state index contributed by atoms with van der Waals surface area (Å²) in [5.41, 5.74) is 0.729. The molecule has 60 valence electrons. The lowest BCUT2D eigenvalue weighted by molar-refractivity contribution is 0.221.